The second kappa shape index (κ2) is 9.17. The molecule has 1 aliphatic rings. The number of rotatable bonds is 5. The van der Waals surface area contributed by atoms with Crippen LogP contribution in [-0.2, 0) is 4.79 Å². The van der Waals surface area contributed by atoms with Gasteiger partial charge in [0.2, 0.25) is 17.6 Å². The van der Waals surface area contributed by atoms with Crippen molar-refractivity contribution < 1.29 is 13.7 Å². The molecule has 0 radical (unpaired) electrons. The Morgan fingerprint density at radius 3 is 3.12 bits per heavy atom. The van der Waals surface area contributed by atoms with Gasteiger partial charge in [-0.05, 0) is 19.1 Å². The molecule has 2 unspecified atom stereocenters. The van der Waals surface area contributed by atoms with Gasteiger partial charge in [0, 0.05) is 36.1 Å². The van der Waals surface area contributed by atoms with E-state index >= 15 is 0 Å². The minimum Gasteiger partial charge on any atom is -0.345 e. The monoisotopic (exact) mass is 386 g/mol. The lowest BCUT2D eigenvalue weighted by Gasteiger charge is -2.23. The van der Waals surface area contributed by atoms with Crippen LogP contribution in [0.1, 0.15) is 25.3 Å². The first kappa shape index (κ1) is 19.7. The highest BCUT2D eigenvalue weighted by Crippen LogP contribution is 2.19. The number of amides is 1. The van der Waals surface area contributed by atoms with E-state index in [9.17, 15) is 9.18 Å². The third-order valence-corrected chi connectivity index (χ3v) is 4.83. The number of thioether (sulfide) groups is 1. The van der Waals surface area contributed by atoms with E-state index in [2.05, 4.69) is 20.8 Å². The van der Waals surface area contributed by atoms with Crippen LogP contribution in [0.4, 0.5) is 4.39 Å². The number of hydrogen-bond donors (Lipinski definition) is 2. The lowest BCUT2D eigenvalue weighted by Crippen LogP contribution is -2.41. The molecule has 25 heavy (non-hydrogen) atoms. The van der Waals surface area contributed by atoms with Gasteiger partial charge in [-0.25, -0.2) is 4.39 Å². The SMILES string of the molecule is CC(NC(=O)CC1CSCCN1)c1nc(-c2cccc(F)c2)no1.Cl. The molecule has 1 saturated heterocycles. The van der Waals surface area contributed by atoms with Crippen LogP contribution in [-0.4, -0.2) is 40.1 Å². The number of carbonyl (C=O) groups is 1. The Hall–Kier alpha value is -1.64. The number of nitrogens with one attached hydrogen (secondary N) is 2. The molecule has 2 N–H and O–H groups in total. The van der Waals surface area contributed by atoms with Gasteiger partial charge in [-0.1, -0.05) is 17.3 Å². The number of aromatic nitrogens is 2. The summed E-state index contributed by atoms with van der Waals surface area (Å²) in [6.45, 7) is 2.71. The molecular formula is C16H20ClFN4O2S. The number of hydrogen-bond acceptors (Lipinski definition) is 6. The zero-order valence-electron chi connectivity index (χ0n) is 13.7. The summed E-state index contributed by atoms with van der Waals surface area (Å²) in [7, 11) is 0. The Morgan fingerprint density at radius 2 is 2.40 bits per heavy atom. The largest absolute Gasteiger partial charge is 0.345 e. The van der Waals surface area contributed by atoms with E-state index in [1.54, 1.807) is 19.1 Å². The van der Waals surface area contributed by atoms with Gasteiger partial charge in [0.05, 0.1) is 0 Å². The average molecular weight is 387 g/mol. The zero-order valence-corrected chi connectivity index (χ0v) is 15.3. The zero-order chi connectivity index (χ0) is 16.9. The first-order valence-electron chi connectivity index (χ1n) is 7.82. The van der Waals surface area contributed by atoms with Gasteiger partial charge >= 0.3 is 0 Å². The number of carbonyl (C=O) groups excluding carboxylic acids is 1. The molecule has 1 fully saturated rings. The van der Waals surface area contributed by atoms with Crippen LogP contribution >= 0.6 is 24.2 Å². The third kappa shape index (κ3) is 5.42. The molecule has 136 valence electrons. The highest BCUT2D eigenvalue weighted by Gasteiger charge is 2.21. The highest BCUT2D eigenvalue weighted by atomic mass is 35.5. The van der Waals surface area contributed by atoms with Crippen molar-refractivity contribution in [1.82, 2.24) is 20.8 Å². The summed E-state index contributed by atoms with van der Waals surface area (Å²) in [5, 5.41) is 10.0. The van der Waals surface area contributed by atoms with E-state index in [0.717, 1.165) is 18.1 Å². The summed E-state index contributed by atoms with van der Waals surface area (Å²) in [5.41, 5.74) is 0.534. The lowest BCUT2D eigenvalue weighted by molar-refractivity contribution is -0.122. The Morgan fingerprint density at radius 1 is 1.56 bits per heavy atom. The molecular weight excluding hydrogens is 367 g/mol. The number of halogens is 2. The van der Waals surface area contributed by atoms with Crippen molar-refractivity contribution in [2.75, 3.05) is 18.1 Å². The normalized spacial score (nSPS) is 18.2. The fourth-order valence-electron chi connectivity index (χ4n) is 2.49. The van der Waals surface area contributed by atoms with Crippen molar-refractivity contribution in [3.63, 3.8) is 0 Å². The van der Waals surface area contributed by atoms with Crippen LogP contribution in [0.25, 0.3) is 11.4 Å². The van der Waals surface area contributed by atoms with Gasteiger partial charge < -0.3 is 15.2 Å². The van der Waals surface area contributed by atoms with Crippen molar-refractivity contribution >= 4 is 30.1 Å². The summed E-state index contributed by atoms with van der Waals surface area (Å²) in [4.78, 5) is 16.4. The molecule has 2 heterocycles. The molecule has 2 aromatic rings. The predicted octanol–water partition coefficient (Wildman–Crippen LogP) is 2.57. The van der Waals surface area contributed by atoms with Crippen LogP contribution in [0.2, 0.25) is 0 Å². The van der Waals surface area contributed by atoms with Gasteiger partial charge in [0.1, 0.15) is 11.9 Å². The van der Waals surface area contributed by atoms with Gasteiger partial charge in [-0.15, -0.1) is 12.4 Å². The van der Waals surface area contributed by atoms with Crippen molar-refractivity contribution in [2.24, 2.45) is 0 Å². The fourth-order valence-corrected chi connectivity index (χ4v) is 3.44. The maximum Gasteiger partial charge on any atom is 0.249 e. The molecule has 1 aliphatic heterocycles. The van der Waals surface area contributed by atoms with Gasteiger partial charge in [0.25, 0.3) is 0 Å². The Labute approximate surface area is 155 Å². The van der Waals surface area contributed by atoms with Gasteiger partial charge in [-0.3, -0.25) is 4.79 Å². The van der Waals surface area contributed by atoms with Crippen LogP contribution < -0.4 is 10.6 Å². The fraction of sp³-hybridized carbons (Fsp3) is 0.438. The Bertz CT molecular complexity index is 709. The molecule has 2 atom stereocenters. The van der Waals surface area contributed by atoms with E-state index in [-0.39, 0.29) is 30.2 Å². The van der Waals surface area contributed by atoms with Crippen LogP contribution in [0.5, 0.6) is 0 Å². The first-order chi connectivity index (χ1) is 11.6. The van der Waals surface area contributed by atoms with Crippen molar-refractivity contribution in [1.29, 1.82) is 0 Å². The summed E-state index contributed by atoms with van der Waals surface area (Å²) in [6.07, 6.45) is 0.419. The molecule has 0 bridgehead atoms. The molecule has 3 rings (SSSR count). The van der Waals surface area contributed by atoms with Crippen LogP contribution in [0, 0.1) is 5.82 Å². The van der Waals surface area contributed by atoms with E-state index in [4.69, 9.17) is 4.52 Å². The average Bonchev–Trinajstić information content (AvgIpc) is 3.06. The first-order valence-corrected chi connectivity index (χ1v) is 8.97. The standard InChI is InChI=1S/C16H19FN4O2S.ClH/c1-10(19-14(22)8-13-9-24-6-5-18-13)16-20-15(21-23-16)11-3-2-4-12(17)7-11;/h2-4,7,10,13,18H,5-6,8-9H2,1H3,(H,19,22);1H. The van der Waals surface area contributed by atoms with Gasteiger partial charge in [-0.2, -0.15) is 16.7 Å². The van der Waals surface area contributed by atoms with Gasteiger partial charge in [0.15, 0.2) is 0 Å². The molecule has 0 aliphatic carbocycles. The smallest absolute Gasteiger partial charge is 0.249 e. The summed E-state index contributed by atoms with van der Waals surface area (Å²) < 4.78 is 18.5. The summed E-state index contributed by atoms with van der Waals surface area (Å²) in [5.74, 6) is 2.20. The minimum absolute atomic E-state index is 0. The highest BCUT2D eigenvalue weighted by molar-refractivity contribution is 7.99. The van der Waals surface area contributed by atoms with Crippen molar-refractivity contribution in [3.05, 3.63) is 36.0 Å². The topological polar surface area (TPSA) is 80.0 Å². The summed E-state index contributed by atoms with van der Waals surface area (Å²) >= 11 is 1.85. The van der Waals surface area contributed by atoms with E-state index in [0.29, 0.717) is 23.7 Å². The lowest BCUT2D eigenvalue weighted by atomic mass is 10.2. The molecule has 9 heteroatoms. The number of benzene rings is 1. The summed E-state index contributed by atoms with van der Waals surface area (Å²) in [6, 6.07) is 5.77. The van der Waals surface area contributed by atoms with E-state index < -0.39 is 6.04 Å². The molecule has 1 aromatic carbocycles. The molecule has 0 saturated carbocycles. The number of nitrogens with zero attached hydrogens (tertiary/aromatic N) is 2. The molecule has 1 amide bonds. The maximum atomic E-state index is 13.3. The van der Waals surface area contributed by atoms with Crippen molar-refractivity contribution in [2.45, 2.75) is 25.4 Å². The minimum atomic E-state index is -0.399. The second-order valence-corrected chi connectivity index (χ2v) is 6.84. The maximum absolute atomic E-state index is 13.3. The van der Waals surface area contributed by atoms with E-state index in [1.807, 2.05) is 11.8 Å². The Kier molecular flexibility index (Phi) is 7.22. The van der Waals surface area contributed by atoms with Crippen LogP contribution in [0.3, 0.4) is 0 Å². The third-order valence-electron chi connectivity index (χ3n) is 3.70. The molecule has 1 aromatic heterocycles. The molecule has 0 spiro atoms. The predicted molar refractivity (Wildman–Crippen MR) is 97.2 cm³/mol. The Balaban J connectivity index is 0.00000225. The van der Waals surface area contributed by atoms with Crippen molar-refractivity contribution in [3.8, 4) is 11.4 Å². The quantitative estimate of drug-likeness (QED) is 0.822. The molecule has 6 nitrogen and oxygen atoms in total. The second-order valence-electron chi connectivity index (χ2n) is 5.69. The van der Waals surface area contributed by atoms with Crippen LogP contribution in [0.15, 0.2) is 28.8 Å². The van der Waals surface area contributed by atoms with E-state index in [1.165, 1.54) is 12.1 Å².